The van der Waals surface area contributed by atoms with Crippen molar-refractivity contribution in [3.63, 3.8) is 0 Å². The highest BCUT2D eigenvalue weighted by Crippen LogP contribution is 2.33. The molecular weight excluding hydrogens is 398 g/mol. The minimum atomic E-state index is -1.04. The molecule has 0 radical (unpaired) electrons. The third-order valence-corrected chi connectivity index (χ3v) is 7.16. The van der Waals surface area contributed by atoms with E-state index in [9.17, 15) is 9.59 Å². The lowest BCUT2D eigenvalue weighted by atomic mass is 9.88. The number of piperidine rings is 1. The van der Waals surface area contributed by atoms with Gasteiger partial charge >= 0.3 is 6.03 Å². The number of carbonyl (C=O) groups excluding carboxylic acids is 2. The number of amides is 3. The predicted molar refractivity (Wildman–Crippen MR) is 125 cm³/mol. The van der Waals surface area contributed by atoms with Crippen LogP contribution in [0.1, 0.15) is 30.9 Å². The van der Waals surface area contributed by atoms with Crippen LogP contribution in [-0.2, 0) is 16.8 Å². The number of likely N-dealkylation sites (tertiary alicyclic amines) is 1. The number of nitrogens with one attached hydrogen (secondary N) is 2. The molecule has 0 saturated carbocycles. The largest absolute Gasteiger partial charge is 0.329 e. The Morgan fingerprint density at radius 2 is 1.62 bits per heavy atom. The molecule has 2 aliphatic rings. The van der Waals surface area contributed by atoms with Crippen molar-refractivity contribution < 1.29 is 14.5 Å². The smallest absolute Gasteiger partial charge is 0.319 e. The number of hydrogen-bond acceptors (Lipinski definition) is 2. The maximum Gasteiger partial charge on any atom is 0.329 e. The zero-order chi connectivity index (χ0) is 22.1. The van der Waals surface area contributed by atoms with Gasteiger partial charge in [0.2, 0.25) is 0 Å². The predicted octanol–water partition coefficient (Wildman–Crippen LogP) is 3.10. The van der Waals surface area contributed by atoms with Crippen molar-refractivity contribution in [1.82, 2.24) is 10.2 Å². The highest BCUT2D eigenvalue weighted by Gasteiger charge is 2.50. The van der Waals surface area contributed by atoms with Gasteiger partial charge in [0.15, 0.2) is 6.67 Å². The van der Waals surface area contributed by atoms with Crippen molar-refractivity contribution in [2.75, 3.05) is 19.8 Å². The molecule has 3 aromatic carbocycles. The van der Waals surface area contributed by atoms with Crippen LogP contribution in [0.25, 0.3) is 10.8 Å². The van der Waals surface area contributed by atoms with Gasteiger partial charge in [-0.15, -0.1) is 0 Å². The van der Waals surface area contributed by atoms with E-state index in [0.29, 0.717) is 12.6 Å². The average molecular weight is 429 g/mol. The third kappa shape index (κ3) is 3.78. The molecule has 5 rings (SSSR count). The van der Waals surface area contributed by atoms with Gasteiger partial charge in [-0.3, -0.25) is 4.79 Å². The van der Waals surface area contributed by atoms with Gasteiger partial charge < -0.3 is 10.2 Å². The van der Waals surface area contributed by atoms with Crippen LogP contribution >= 0.6 is 0 Å². The van der Waals surface area contributed by atoms with E-state index in [1.807, 2.05) is 49.4 Å². The van der Waals surface area contributed by atoms with Crippen LogP contribution in [0.2, 0.25) is 0 Å². The molecule has 0 aromatic heterocycles. The monoisotopic (exact) mass is 428 g/mol. The Morgan fingerprint density at radius 3 is 2.41 bits per heavy atom. The highest BCUT2D eigenvalue weighted by atomic mass is 16.2. The van der Waals surface area contributed by atoms with Gasteiger partial charge in [0.25, 0.3) is 5.91 Å². The number of fused-ring (bicyclic) bond motifs is 1. The number of benzene rings is 3. The SMILES string of the molecule is C[C@]1(c2cccc3ccccc23)NC(=O)N(C[NH+]2CCC(Cc3ccccc3)CC2)C1=O. The number of carbonyl (C=O) groups is 2. The zero-order valence-electron chi connectivity index (χ0n) is 18.5. The first-order chi connectivity index (χ1) is 15.5. The first kappa shape index (κ1) is 20.7. The van der Waals surface area contributed by atoms with Crippen LogP contribution in [0.5, 0.6) is 0 Å². The van der Waals surface area contributed by atoms with Gasteiger partial charge in [-0.2, -0.15) is 0 Å². The molecule has 2 aliphatic heterocycles. The Bertz CT molecular complexity index is 1130. The summed E-state index contributed by atoms with van der Waals surface area (Å²) < 4.78 is 0. The molecule has 2 N–H and O–H groups in total. The number of hydrogen-bond donors (Lipinski definition) is 2. The molecule has 32 heavy (non-hydrogen) atoms. The van der Waals surface area contributed by atoms with Gasteiger partial charge in [-0.25, -0.2) is 9.69 Å². The Kier molecular flexibility index (Phi) is 5.43. The fraction of sp³-hybridized carbons (Fsp3) is 0.333. The molecule has 3 aromatic rings. The number of nitrogens with zero attached hydrogens (tertiary/aromatic N) is 1. The molecule has 0 aliphatic carbocycles. The lowest BCUT2D eigenvalue weighted by molar-refractivity contribution is -0.913. The third-order valence-electron chi connectivity index (χ3n) is 7.16. The Labute approximate surface area is 189 Å². The number of imide groups is 1. The first-order valence-corrected chi connectivity index (χ1v) is 11.5. The summed E-state index contributed by atoms with van der Waals surface area (Å²) >= 11 is 0. The molecule has 2 heterocycles. The van der Waals surface area contributed by atoms with E-state index >= 15 is 0 Å². The van der Waals surface area contributed by atoms with Gasteiger partial charge in [0, 0.05) is 0 Å². The molecule has 5 nitrogen and oxygen atoms in total. The second-order valence-electron chi connectivity index (χ2n) is 9.36. The number of urea groups is 1. The van der Waals surface area contributed by atoms with Crippen molar-refractivity contribution in [1.29, 1.82) is 0 Å². The zero-order valence-corrected chi connectivity index (χ0v) is 18.5. The second kappa shape index (κ2) is 8.40. The van der Waals surface area contributed by atoms with Gasteiger partial charge in [0.1, 0.15) is 5.54 Å². The van der Waals surface area contributed by atoms with Gasteiger partial charge in [-0.1, -0.05) is 72.8 Å². The summed E-state index contributed by atoms with van der Waals surface area (Å²) in [6, 6.07) is 24.3. The van der Waals surface area contributed by atoms with E-state index in [0.717, 1.165) is 48.7 Å². The average Bonchev–Trinajstić information content (AvgIpc) is 3.04. The van der Waals surface area contributed by atoms with Crippen LogP contribution in [0.3, 0.4) is 0 Å². The molecule has 1 atom stereocenters. The summed E-state index contributed by atoms with van der Waals surface area (Å²) in [5.41, 5.74) is 1.21. The fourth-order valence-corrected chi connectivity index (χ4v) is 5.30. The molecule has 164 valence electrons. The molecule has 5 heteroatoms. The van der Waals surface area contributed by atoms with E-state index in [1.165, 1.54) is 15.4 Å². The molecule has 0 unspecified atom stereocenters. The number of rotatable bonds is 5. The van der Waals surface area contributed by atoms with Gasteiger partial charge in [-0.05, 0) is 54.0 Å². The minimum absolute atomic E-state index is 0.155. The summed E-state index contributed by atoms with van der Waals surface area (Å²) in [5, 5.41) is 5.06. The normalized spacial score (nSPS) is 25.8. The molecule has 0 spiro atoms. The standard InChI is InChI=1S/C27H29N3O2/c1-27(24-13-7-11-22-10-5-6-12-23(22)24)25(31)30(26(32)28-27)19-29-16-14-21(15-17-29)18-20-8-3-2-4-9-20/h2-13,21H,14-19H2,1H3,(H,28,32)/p+1/t27-/m1/s1. The maximum absolute atomic E-state index is 13.5. The second-order valence-corrected chi connectivity index (χ2v) is 9.36. The topological polar surface area (TPSA) is 53.9 Å². The van der Waals surface area contributed by atoms with Crippen molar-refractivity contribution in [3.8, 4) is 0 Å². The van der Waals surface area contributed by atoms with Crippen molar-refractivity contribution >= 4 is 22.7 Å². The summed E-state index contributed by atoms with van der Waals surface area (Å²) in [6.45, 7) is 4.23. The number of quaternary nitrogens is 1. The maximum atomic E-state index is 13.5. The van der Waals surface area contributed by atoms with Crippen LogP contribution in [-0.4, -0.2) is 36.6 Å². The van der Waals surface area contributed by atoms with Crippen LogP contribution < -0.4 is 10.2 Å². The molecule has 2 fully saturated rings. The van der Waals surface area contributed by atoms with E-state index < -0.39 is 5.54 Å². The summed E-state index contributed by atoms with van der Waals surface area (Å²) in [6.07, 6.45) is 3.35. The van der Waals surface area contributed by atoms with E-state index in [1.54, 1.807) is 0 Å². The Hall–Kier alpha value is -3.18. The summed E-state index contributed by atoms with van der Waals surface area (Å²) in [7, 11) is 0. The van der Waals surface area contributed by atoms with E-state index in [-0.39, 0.29) is 11.9 Å². The lowest BCUT2D eigenvalue weighted by Crippen LogP contribution is -3.14. The molecule has 2 saturated heterocycles. The molecule has 0 bridgehead atoms. The van der Waals surface area contributed by atoms with Crippen LogP contribution in [0.15, 0.2) is 72.8 Å². The Balaban J connectivity index is 1.27. The van der Waals surface area contributed by atoms with Crippen molar-refractivity contribution in [2.24, 2.45) is 5.92 Å². The Morgan fingerprint density at radius 1 is 0.938 bits per heavy atom. The first-order valence-electron chi connectivity index (χ1n) is 11.5. The summed E-state index contributed by atoms with van der Waals surface area (Å²) in [4.78, 5) is 29.1. The quantitative estimate of drug-likeness (QED) is 0.614. The molecular formula is C27H30N3O2+. The lowest BCUT2D eigenvalue weighted by Gasteiger charge is -2.31. The van der Waals surface area contributed by atoms with Gasteiger partial charge in [0.05, 0.1) is 13.1 Å². The minimum Gasteiger partial charge on any atom is -0.319 e. The van der Waals surface area contributed by atoms with Crippen molar-refractivity contribution in [3.05, 3.63) is 83.9 Å². The fourth-order valence-electron chi connectivity index (χ4n) is 5.30. The summed E-state index contributed by atoms with van der Waals surface area (Å²) in [5.74, 6) is 0.517. The van der Waals surface area contributed by atoms with Crippen LogP contribution in [0.4, 0.5) is 4.79 Å². The molecule has 3 amide bonds. The van der Waals surface area contributed by atoms with Crippen molar-refractivity contribution in [2.45, 2.75) is 31.7 Å². The highest BCUT2D eigenvalue weighted by molar-refractivity contribution is 6.09. The van der Waals surface area contributed by atoms with E-state index in [2.05, 4.69) is 35.6 Å². The van der Waals surface area contributed by atoms with Crippen LogP contribution in [0, 0.1) is 5.92 Å². The van der Waals surface area contributed by atoms with E-state index in [4.69, 9.17) is 0 Å².